The Bertz CT molecular complexity index is 914. The van der Waals surface area contributed by atoms with E-state index < -0.39 is 0 Å². The minimum atomic E-state index is 0.563. The highest BCUT2D eigenvalue weighted by molar-refractivity contribution is 5.79. The van der Waals surface area contributed by atoms with Crippen molar-refractivity contribution in [1.29, 1.82) is 0 Å². The number of aromatic nitrogens is 3. The minimum Gasteiger partial charge on any atom is -0.352 e. The van der Waals surface area contributed by atoms with Crippen molar-refractivity contribution in [2.24, 2.45) is 12.0 Å². The van der Waals surface area contributed by atoms with Crippen LogP contribution in [0.25, 0.3) is 0 Å². The van der Waals surface area contributed by atoms with Crippen LogP contribution in [-0.4, -0.2) is 20.7 Å². The van der Waals surface area contributed by atoms with Gasteiger partial charge in [-0.05, 0) is 30.0 Å². The molecule has 6 heteroatoms. The molecule has 0 unspecified atom stereocenters. The quantitative estimate of drug-likeness (QED) is 0.491. The van der Waals surface area contributed by atoms with E-state index in [2.05, 4.69) is 64.2 Å². The smallest absolute Gasteiger partial charge is 0.192 e. The molecule has 0 aliphatic carbocycles. The van der Waals surface area contributed by atoms with Gasteiger partial charge in [0.1, 0.15) is 5.82 Å². The fourth-order valence-electron chi connectivity index (χ4n) is 2.95. The van der Waals surface area contributed by atoms with Crippen molar-refractivity contribution in [3.05, 3.63) is 82.9 Å². The molecule has 0 saturated heterocycles. The molecule has 0 saturated carbocycles. The van der Waals surface area contributed by atoms with Crippen LogP contribution in [0.1, 0.15) is 35.3 Å². The maximum atomic E-state index is 4.75. The van der Waals surface area contributed by atoms with Crippen LogP contribution in [0.2, 0.25) is 0 Å². The van der Waals surface area contributed by atoms with Gasteiger partial charge in [-0.2, -0.15) is 0 Å². The summed E-state index contributed by atoms with van der Waals surface area (Å²) in [5, 5.41) is 15.2. The summed E-state index contributed by atoms with van der Waals surface area (Å²) >= 11 is 0. The van der Waals surface area contributed by atoms with Crippen LogP contribution in [0.4, 0.5) is 0 Å². The molecule has 3 rings (SSSR count). The van der Waals surface area contributed by atoms with E-state index in [4.69, 9.17) is 4.99 Å². The fourth-order valence-corrected chi connectivity index (χ4v) is 2.95. The Morgan fingerprint density at radius 1 is 0.929 bits per heavy atom. The van der Waals surface area contributed by atoms with Gasteiger partial charge >= 0.3 is 0 Å². The van der Waals surface area contributed by atoms with Crippen LogP contribution in [0, 0.1) is 6.92 Å². The van der Waals surface area contributed by atoms with Crippen molar-refractivity contribution in [3.8, 4) is 0 Å². The zero-order chi connectivity index (χ0) is 19.8. The molecule has 0 aliphatic rings. The summed E-state index contributed by atoms with van der Waals surface area (Å²) in [5.41, 5.74) is 3.81. The second-order valence-corrected chi connectivity index (χ2v) is 6.70. The number of hydrogen-bond donors (Lipinski definition) is 2. The highest BCUT2D eigenvalue weighted by atomic mass is 15.3. The maximum absolute atomic E-state index is 4.75. The first-order valence-corrected chi connectivity index (χ1v) is 9.65. The molecule has 0 aliphatic heterocycles. The summed E-state index contributed by atoms with van der Waals surface area (Å²) in [7, 11) is 1.97. The first-order chi connectivity index (χ1) is 13.7. The lowest BCUT2D eigenvalue weighted by atomic mass is 10.1. The molecule has 0 fully saturated rings. The number of aryl methyl sites for hydroxylation is 2. The second-order valence-electron chi connectivity index (χ2n) is 6.70. The van der Waals surface area contributed by atoms with Gasteiger partial charge in [-0.1, -0.05) is 61.5 Å². The van der Waals surface area contributed by atoms with E-state index in [0.717, 1.165) is 30.6 Å². The third-order valence-electron chi connectivity index (χ3n) is 4.80. The Morgan fingerprint density at radius 2 is 1.61 bits per heavy atom. The number of aliphatic imine (C=N–C) groups is 1. The van der Waals surface area contributed by atoms with Gasteiger partial charge in [0.15, 0.2) is 11.8 Å². The number of nitrogens with zero attached hydrogens (tertiary/aromatic N) is 4. The van der Waals surface area contributed by atoms with E-state index in [0.29, 0.717) is 13.1 Å². The van der Waals surface area contributed by atoms with Gasteiger partial charge in [0, 0.05) is 13.6 Å². The topological polar surface area (TPSA) is 67.1 Å². The summed E-state index contributed by atoms with van der Waals surface area (Å²) in [5.74, 6) is 2.53. The molecule has 0 radical (unpaired) electrons. The molecule has 0 atom stereocenters. The van der Waals surface area contributed by atoms with Gasteiger partial charge < -0.3 is 15.2 Å². The zero-order valence-electron chi connectivity index (χ0n) is 16.8. The van der Waals surface area contributed by atoms with Gasteiger partial charge in [0.25, 0.3) is 0 Å². The Hall–Kier alpha value is -3.15. The lowest BCUT2D eigenvalue weighted by molar-refractivity contribution is 0.713. The Labute approximate surface area is 166 Å². The largest absolute Gasteiger partial charge is 0.352 e. The molecule has 1 heterocycles. The average molecular weight is 377 g/mol. The average Bonchev–Trinajstić information content (AvgIpc) is 3.06. The molecule has 28 heavy (non-hydrogen) atoms. The number of benzene rings is 2. The zero-order valence-corrected chi connectivity index (χ0v) is 16.8. The summed E-state index contributed by atoms with van der Waals surface area (Å²) in [6.45, 7) is 6.03. The SMILES string of the molecule is CCc1ccccc1CNC(=NCc1ccccc1)NCc1nnc(C)n1C. The number of nitrogens with one attached hydrogen (secondary N) is 2. The van der Waals surface area contributed by atoms with Crippen LogP contribution in [-0.2, 0) is 33.1 Å². The highest BCUT2D eigenvalue weighted by Crippen LogP contribution is 2.09. The molecule has 3 aromatic rings. The van der Waals surface area contributed by atoms with Gasteiger partial charge in [0.05, 0.1) is 13.1 Å². The highest BCUT2D eigenvalue weighted by Gasteiger charge is 2.07. The Morgan fingerprint density at radius 3 is 2.29 bits per heavy atom. The van der Waals surface area contributed by atoms with Gasteiger partial charge in [-0.3, -0.25) is 0 Å². The van der Waals surface area contributed by atoms with Crippen molar-refractivity contribution >= 4 is 5.96 Å². The predicted molar refractivity (Wildman–Crippen MR) is 113 cm³/mol. The first-order valence-electron chi connectivity index (χ1n) is 9.65. The Kier molecular flexibility index (Phi) is 6.78. The van der Waals surface area contributed by atoms with E-state index in [9.17, 15) is 0 Å². The standard InChI is InChI=1S/C22H28N6/c1-4-19-12-8-9-13-20(19)15-24-22(23-14-18-10-6-5-7-11-18)25-16-21-27-26-17(2)28(21)3/h5-13H,4,14-16H2,1-3H3,(H2,23,24,25). The van der Waals surface area contributed by atoms with Gasteiger partial charge in [-0.15, -0.1) is 10.2 Å². The number of rotatable bonds is 7. The van der Waals surface area contributed by atoms with Crippen molar-refractivity contribution in [1.82, 2.24) is 25.4 Å². The van der Waals surface area contributed by atoms with E-state index in [-0.39, 0.29) is 0 Å². The number of guanidine groups is 1. The normalized spacial score (nSPS) is 11.5. The van der Waals surface area contributed by atoms with Crippen molar-refractivity contribution in [2.75, 3.05) is 0 Å². The number of hydrogen-bond acceptors (Lipinski definition) is 3. The third kappa shape index (κ3) is 5.19. The van der Waals surface area contributed by atoms with Crippen LogP contribution < -0.4 is 10.6 Å². The summed E-state index contributed by atoms with van der Waals surface area (Å²) in [6, 6.07) is 18.7. The van der Waals surface area contributed by atoms with E-state index in [1.54, 1.807) is 0 Å². The molecule has 146 valence electrons. The van der Waals surface area contributed by atoms with Gasteiger partial charge in [0.2, 0.25) is 0 Å². The molecule has 0 amide bonds. The molecule has 2 aromatic carbocycles. The van der Waals surface area contributed by atoms with Crippen LogP contribution >= 0.6 is 0 Å². The van der Waals surface area contributed by atoms with E-state index in [1.807, 2.05) is 36.7 Å². The Balaban J connectivity index is 1.70. The molecular weight excluding hydrogens is 348 g/mol. The van der Waals surface area contributed by atoms with Crippen molar-refractivity contribution < 1.29 is 0 Å². The monoisotopic (exact) mass is 376 g/mol. The van der Waals surface area contributed by atoms with Crippen LogP contribution in [0.15, 0.2) is 59.6 Å². The summed E-state index contributed by atoms with van der Waals surface area (Å²) < 4.78 is 1.98. The molecule has 1 aromatic heterocycles. The first kappa shape index (κ1) is 19.6. The van der Waals surface area contributed by atoms with Gasteiger partial charge in [-0.25, -0.2) is 4.99 Å². The summed E-state index contributed by atoms with van der Waals surface area (Å²) in [6.07, 6.45) is 1.01. The second kappa shape index (κ2) is 9.69. The lowest BCUT2D eigenvalue weighted by Crippen LogP contribution is -2.37. The molecular formula is C22H28N6. The molecule has 0 bridgehead atoms. The summed E-state index contributed by atoms with van der Waals surface area (Å²) in [4.78, 5) is 4.75. The predicted octanol–water partition coefficient (Wildman–Crippen LogP) is 3.12. The molecule has 6 nitrogen and oxygen atoms in total. The maximum Gasteiger partial charge on any atom is 0.192 e. The third-order valence-corrected chi connectivity index (χ3v) is 4.80. The fraction of sp³-hybridized carbons (Fsp3) is 0.318. The molecule has 0 spiro atoms. The minimum absolute atomic E-state index is 0.563. The van der Waals surface area contributed by atoms with E-state index in [1.165, 1.54) is 16.7 Å². The van der Waals surface area contributed by atoms with E-state index >= 15 is 0 Å². The van der Waals surface area contributed by atoms with Crippen LogP contribution in [0.3, 0.4) is 0 Å². The van der Waals surface area contributed by atoms with Crippen molar-refractivity contribution in [2.45, 2.75) is 39.9 Å². The lowest BCUT2D eigenvalue weighted by Gasteiger charge is -2.14. The molecule has 2 N–H and O–H groups in total. The van der Waals surface area contributed by atoms with Crippen LogP contribution in [0.5, 0.6) is 0 Å². The van der Waals surface area contributed by atoms with Crippen molar-refractivity contribution in [3.63, 3.8) is 0 Å².